The van der Waals surface area contributed by atoms with Crippen LogP contribution in [0.4, 0.5) is 10.2 Å². The number of amides is 2. The van der Waals surface area contributed by atoms with Gasteiger partial charge in [0.1, 0.15) is 11.6 Å². The molecule has 1 aliphatic rings. The number of aromatic nitrogens is 2. The van der Waals surface area contributed by atoms with E-state index in [2.05, 4.69) is 15.7 Å². The van der Waals surface area contributed by atoms with E-state index in [4.69, 9.17) is 0 Å². The lowest BCUT2D eigenvalue weighted by Crippen LogP contribution is -2.39. The van der Waals surface area contributed by atoms with Gasteiger partial charge in [0.2, 0.25) is 0 Å². The van der Waals surface area contributed by atoms with Gasteiger partial charge in [-0.25, -0.2) is 9.07 Å². The molecule has 3 rings (SSSR count). The number of thioether (sulfide) groups is 1. The summed E-state index contributed by atoms with van der Waals surface area (Å²) in [5, 5.41) is 18.6. The van der Waals surface area contributed by atoms with Gasteiger partial charge in [-0.1, -0.05) is 0 Å². The molecule has 0 saturated carbocycles. The molecule has 0 aliphatic carbocycles. The average Bonchev–Trinajstić information content (AvgIpc) is 3.16. The van der Waals surface area contributed by atoms with Crippen LogP contribution in [-0.4, -0.2) is 39.4 Å². The van der Waals surface area contributed by atoms with Gasteiger partial charge in [-0.15, -0.1) is 0 Å². The second kappa shape index (κ2) is 7.24. The molecule has 1 aromatic heterocycles. The zero-order valence-electron chi connectivity index (χ0n) is 13.5. The van der Waals surface area contributed by atoms with Crippen LogP contribution in [0.25, 0.3) is 5.69 Å². The first-order valence-electron chi connectivity index (χ1n) is 7.67. The standard InChI is InChI=1S/C16H17FN4O3S/c1-9(22)6-18-15(23)16(24)19-14-12-7-25-8-13(12)20-21(14)11-4-2-10(17)3-5-11/h2-5,9,22H,6-8H2,1H3,(H,18,23)(H,19,24)/t9-/m0/s1. The van der Waals surface area contributed by atoms with Crippen LogP contribution in [0.2, 0.25) is 0 Å². The minimum absolute atomic E-state index is 0.0164. The number of hydrogen-bond acceptors (Lipinski definition) is 5. The van der Waals surface area contributed by atoms with Gasteiger partial charge in [-0.05, 0) is 31.2 Å². The van der Waals surface area contributed by atoms with Crippen molar-refractivity contribution >= 4 is 29.4 Å². The highest BCUT2D eigenvalue weighted by Crippen LogP contribution is 2.36. The Morgan fingerprint density at radius 1 is 1.32 bits per heavy atom. The van der Waals surface area contributed by atoms with Crippen LogP contribution >= 0.6 is 11.8 Å². The van der Waals surface area contributed by atoms with Crippen LogP contribution in [-0.2, 0) is 21.1 Å². The molecule has 25 heavy (non-hydrogen) atoms. The molecule has 1 aliphatic heterocycles. The van der Waals surface area contributed by atoms with Crippen LogP contribution in [0.15, 0.2) is 24.3 Å². The SMILES string of the molecule is C[C@H](O)CNC(=O)C(=O)Nc1c2c(nn1-c1ccc(F)cc1)CSC2. The molecule has 0 fully saturated rings. The van der Waals surface area contributed by atoms with Crippen LogP contribution in [0, 0.1) is 5.82 Å². The highest BCUT2D eigenvalue weighted by atomic mass is 32.2. The maximum Gasteiger partial charge on any atom is 0.314 e. The van der Waals surface area contributed by atoms with Gasteiger partial charge in [0.05, 0.1) is 17.5 Å². The van der Waals surface area contributed by atoms with Gasteiger partial charge in [-0.3, -0.25) is 9.59 Å². The fourth-order valence-electron chi connectivity index (χ4n) is 2.40. The number of rotatable bonds is 4. The minimum Gasteiger partial charge on any atom is -0.392 e. The molecule has 0 saturated heterocycles. The quantitative estimate of drug-likeness (QED) is 0.709. The molecular weight excluding hydrogens is 347 g/mol. The second-order valence-electron chi connectivity index (χ2n) is 5.67. The van der Waals surface area contributed by atoms with Crippen LogP contribution < -0.4 is 10.6 Å². The first-order chi connectivity index (χ1) is 12.0. The van der Waals surface area contributed by atoms with Crippen molar-refractivity contribution in [1.82, 2.24) is 15.1 Å². The number of nitrogens with one attached hydrogen (secondary N) is 2. The Bertz CT molecular complexity index is 804. The summed E-state index contributed by atoms with van der Waals surface area (Å²) in [5.41, 5.74) is 2.26. The summed E-state index contributed by atoms with van der Waals surface area (Å²) in [6.07, 6.45) is -0.748. The molecular formula is C16H17FN4O3S. The molecule has 0 spiro atoms. The number of benzene rings is 1. The summed E-state index contributed by atoms with van der Waals surface area (Å²) in [7, 11) is 0. The lowest BCUT2D eigenvalue weighted by atomic mass is 10.2. The number of fused-ring (bicyclic) bond motifs is 1. The van der Waals surface area contributed by atoms with Crippen molar-refractivity contribution in [2.24, 2.45) is 0 Å². The molecule has 0 bridgehead atoms. The van der Waals surface area contributed by atoms with Gasteiger partial charge in [0.15, 0.2) is 0 Å². The van der Waals surface area contributed by atoms with Gasteiger partial charge >= 0.3 is 11.8 Å². The molecule has 7 nitrogen and oxygen atoms in total. The van der Waals surface area contributed by atoms with Crippen LogP contribution in [0.5, 0.6) is 0 Å². The molecule has 2 heterocycles. The summed E-state index contributed by atoms with van der Waals surface area (Å²) in [6.45, 7) is 1.49. The Labute approximate surface area is 147 Å². The molecule has 0 radical (unpaired) electrons. The summed E-state index contributed by atoms with van der Waals surface area (Å²) in [6, 6.07) is 5.71. The van der Waals surface area contributed by atoms with E-state index < -0.39 is 17.9 Å². The van der Waals surface area contributed by atoms with Crippen molar-refractivity contribution in [1.29, 1.82) is 0 Å². The monoisotopic (exact) mass is 364 g/mol. The number of aliphatic hydroxyl groups excluding tert-OH is 1. The Morgan fingerprint density at radius 2 is 2.04 bits per heavy atom. The van der Waals surface area contributed by atoms with Crippen LogP contribution in [0.3, 0.4) is 0 Å². The second-order valence-corrected chi connectivity index (χ2v) is 6.65. The van der Waals surface area contributed by atoms with Crippen molar-refractivity contribution < 1.29 is 19.1 Å². The zero-order chi connectivity index (χ0) is 18.0. The number of anilines is 1. The third-order valence-electron chi connectivity index (χ3n) is 3.62. The topological polar surface area (TPSA) is 96.2 Å². The molecule has 132 valence electrons. The van der Waals surface area contributed by atoms with Crippen molar-refractivity contribution in [3.8, 4) is 5.69 Å². The van der Waals surface area contributed by atoms with Gasteiger partial charge < -0.3 is 15.7 Å². The highest BCUT2D eigenvalue weighted by molar-refractivity contribution is 7.98. The van der Waals surface area contributed by atoms with E-state index in [0.29, 0.717) is 23.0 Å². The summed E-state index contributed by atoms with van der Waals surface area (Å²) < 4.78 is 14.7. The Hall–Kier alpha value is -2.39. The van der Waals surface area contributed by atoms with E-state index in [-0.39, 0.29) is 12.4 Å². The van der Waals surface area contributed by atoms with E-state index in [0.717, 1.165) is 11.3 Å². The largest absolute Gasteiger partial charge is 0.392 e. The Balaban J connectivity index is 1.86. The first-order valence-corrected chi connectivity index (χ1v) is 8.83. The summed E-state index contributed by atoms with van der Waals surface area (Å²) >= 11 is 1.66. The molecule has 3 N–H and O–H groups in total. The van der Waals surface area contributed by atoms with E-state index in [1.807, 2.05) is 0 Å². The third kappa shape index (κ3) is 3.83. The maximum atomic E-state index is 13.2. The highest BCUT2D eigenvalue weighted by Gasteiger charge is 2.26. The molecule has 0 unspecified atom stereocenters. The molecule has 2 aromatic rings. The van der Waals surface area contributed by atoms with Gasteiger partial charge in [-0.2, -0.15) is 16.9 Å². The maximum absolute atomic E-state index is 13.2. The first kappa shape index (κ1) is 17.4. The number of aliphatic hydroxyl groups is 1. The fraction of sp³-hybridized carbons (Fsp3) is 0.312. The van der Waals surface area contributed by atoms with Crippen LogP contribution in [0.1, 0.15) is 18.2 Å². The van der Waals surface area contributed by atoms with E-state index in [1.165, 1.54) is 23.7 Å². The molecule has 1 atom stereocenters. The number of carbonyl (C=O) groups excluding carboxylic acids is 2. The lowest BCUT2D eigenvalue weighted by Gasteiger charge is -2.11. The lowest BCUT2D eigenvalue weighted by molar-refractivity contribution is -0.136. The van der Waals surface area contributed by atoms with Gasteiger partial charge in [0.25, 0.3) is 0 Å². The minimum atomic E-state index is -0.844. The Kier molecular flexibility index (Phi) is 5.05. The smallest absolute Gasteiger partial charge is 0.314 e. The number of hydrogen-bond donors (Lipinski definition) is 3. The average molecular weight is 364 g/mol. The summed E-state index contributed by atoms with van der Waals surface area (Å²) in [4.78, 5) is 24.0. The summed E-state index contributed by atoms with van der Waals surface area (Å²) in [5.74, 6) is -0.274. The van der Waals surface area contributed by atoms with E-state index >= 15 is 0 Å². The van der Waals surface area contributed by atoms with Crippen molar-refractivity contribution in [2.75, 3.05) is 11.9 Å². The molecule has 9 heteroatoms. The number of nitrogens with zero attached hydrogens (tertiary/aromatic N) is 2. The number of carbonyl (C=O) groups is 2. The molecule has 1 aromatic carbocycles. The van der Waals surface area contributed by atoms with E-state index in [1.54, 1.807) is 23.9 Å². The predicted octanol–water partition coefficient (Wildman–Crippen LogP) is 1.19. The number of halogens is 1. The van der Waals surface area contributed by atoms with E-state index in [9.17, 15) is 19.1 Å². The zero-order valence-corrected chi connectivity index (χ0v) is 14.3. The van der Waals surface area contributed by atoms with Crippen molar-refractivity contribution in [2.45, 2.75) is 24.5 Å². The van der Waals surface area contributed by atoms with Gasteiger partial charge in [0, 0.05) is 23.6 Å². The Morgan fingerprint density at radius 3 is 2.72 bits per heavy atom. The van der Waals surface area contributed by atoms with Crippen molar-refractivity contribution in [3.05, 3.63) is 41.3 Å². The fourth-order valence-corrected chi connectivity index (χ4v) is 3.43. The normalized spacial score (nSPS) is 14.0. The predicted molar refractivity (Wildman–Crippen MR) is 91.8 cm³/mol. The third-order valence-corrected chi connectivity index (χ3v) is 4.59. The van der Waals surface area contributed by atoms with Crippen molar-refractivity contribution in [3.63, 3.8) is 0 Å². The molecule has 2 amide bonds.